The molecule has 2 heterocycles. The quantitative estimate of drug-likeness (QED) is 0.722. The molecule has 0 aromatic carbocycles. The number of aromatic nitrogens is 5. The van der Waals surface area contributed by atoms with Gasteiger partial charge in [0.25, 0.3) is 0 Å². The third kappa shape index (κ3) is 2.86. The molecule has 8 nitrogen and oxygen atoms in total. The summed E-state index contributed by atoms with van der Waals surface area (Å²) in [6.07, 6.45) is 0.917. The zero-order valence-electron chi connectivity index (χ0n) is 9.42. The zero-order chi connectivity index (χ0) is 12.1. The van der Waals surface area contributed by atoms with E-state index in [4.69, 9.17) is 0 Å². The van der Waals surface area contributed by atoms with Crippen LogP contribution in [0.25, 0.3) is 5.65 Å². The lowest BCUT2D eigenvalue weighted by Gasteiger charge is -2.05. The minimum absolute atomic E-state index is 0.0644. The van der Waals surface area contributed by atoms with Gasteiger partial charge in [0.05, 0.1) is 6.54 Å². The van der Waals surface area contributed by atoms with Gasteiger partial charge in [-0.05, 0) is 29.0 Å². The third-order valence-corrected chi connectivity index (χ3v) is 2.07. The van der Waals surface area contributed by atoms with Crippen molar-refractivity contribution in [2.75, 3.05) is 18.4 Å². The maximum absolute atomic E-state index is 11.3. The Morgan fingerprint density at radius 3 is 3.18 bits per heavy atom. The van der Waals surface area contributed by atoms with Crippen molar-refractivity contribution in [2.24, 2.45) is 0 Å². The van der Waals surface area contributed by atoms with Crippen molar-refractivity contribution in [3.05, 3.63) is 12.1 Å². The van der Waals surface area contributed by atoms with Crippen LogP contribution in [-0.2, 0) is 4.79 Å². The predicted molar refractivity (Wildman–Crippen MR) is 60.4 cm³/mol. The van der Waals surface area contributed by atoms with Crippen molar-refractivity contribution in [3.63, 3.8) is 0 Å². The standard InChI is InChI=1S/C9H13N7O/c1-2-5-10-9(17)6-11-7-3-4-8-12-14-15-16(8)13-7/h3-4H,2,5-6H2,1H3,(H,10,17)(H,11,13). The molecule has 0 radical (unpaired) electrons. The molecular weight excluding hydrogens is 222 g/mol. The zero-order valence-corrected chi connectivity index (χ0v) is 9.42. The highest BCUT2D eigenvalue weighted by Gasteiger charge is 2.03. The SMILES string of the molecule is CCCNC(=O)CNc1ccc2nnnn2n1. The van der Waals surface area contributed by atoms with Crippen LogP contribution in [0.2, 0.25) is 0 Å². The van der Waals surface area contributed by atoms with Crippen LogP contribution in [0.5, 0.6) is 0 Å². The van der Waals surface area contributed by atoms with Crippen LogP contribution >= 0.6 is 0 Å². The molecule has 90 valence electrons. The summed E-state index contributed by atoms with van der Waals surface area (Å²) >= 11 is 0. The second-order valence-electron chi connectivity index (χ2n) is 3.45. The number of nitrogens with zero attached hydrogens (tertiary/aromatic N) is 5. The number of fused-ring (bicyclic) bond motifs is 1. The fourth-order valence-corrected chi connectivity index (χ4v) is 1.24. The molecule has 0 aliphatic rings. The van der Waals surface area contributed by atoms with E-state index in [2.05, 4.69) is 31.3 Å². The van der Waals surface area contributed by atoms with Crippen LogP contribution < -0.4 is 10.6 Å². The molecule has 0 saturated heterocycles. The molecule has 0 aliphatic heterocycles. The highest BCUT2D eigenvalue weighted by Crippen LogP contribution is 2.02. The maximum Gasteiger partial charge on any atom is 0.239 e. The van der Waals surface area contributed by atoms with Gasteiger partial charge in [0.1, 0.15) is 5.82 Å². The van der Waals surface area contributed by atoms with Crippen LogP contribution in [-0.4, -0.2) is 44.3 Å². The van der Waals surface area contributed by atoms with E-state index in [9.17, 15) is 4.79 Å². The fraction of sp³-hybridized carbons (Fsp3) is 0.444. The van der Waals surface area contributed by atoms with Gasteiger partial charge < -0.3 is 10.6 Å². The average Bonchev–Trinajstić information content (AvgIpc) is 2.81. The minimum atomic E-state index is -0.0644. The highest BCUT2D eigenvalue weighted by molar-refractivity contribution is 5.80. The molecule has 0 fully saturated rings. The van der Waals surface area contributed by atoms with Crippen LogP contribution in [0.15, 0.2) is 12.1 Å². The summed E-state index contributed by atoms with van der Waals surface area (Å²) in [4.78, 5) is 11.3. The molecule has 1 amide bonds. The molecule has 0 atom stereocenters. The van der Waals surface area contributed by atoms with Crippen LogP contribution in [0.3, 0.4) is 0 Å². The van der Waals surface area contributed by atoms with E-state index in [1.807, 2.05) is 6.92 Å². The van der Waals surface area contributed by atoms with Gasteiger partial charge in [-0.1, -0.05) is 6.92 Å². The number of carbonyl (C=O) groups is 1. The van der Waals surface area contributed by atoms with Crippen molar-refractivity contribution in [1.29, 1.82) is 0 Å². The fourth-order valence-electron chi connectivity index (χ4n) is 1.24. The second-order valence-corrected chi connectivity index (χ2v) is 3.45. The number of carbonyl (C=O) groups excluding carboxylic acids is 1. The Hall–Kier alpha value is -2.25. The Morgan fingerprint density at radius 1 is 1.47 bits per heavy atom. The van der Waals surface area contributed by atoms with Crippen molar-refractivity contribution in [2.45, 2.75) is 13.3 Å². The Kier molecular flexibility index (Phi) is 3.43. The number of hydrogen-bond acceptors (Lipinski definition) is 6. The van der Waals surface area contributed by atoms with Gasteiger partial charge in [0.15, 0.2) is 5.65 Å². The number of anilines is 1. The third-order valence-electron chi connectivity index (χ3n) is 2.07. The topological polar surface area (TPSA) is 97.1 Å². The Labute approximate surface area is 97.4 Å². The van der Waals surface area contributed by atoms with E-state index in [1.165, 1.54) is 4.63 Å². The Bertz CT molecular complexity index is 509. The summed E-state index contributed by atoms with van der Waals surface area (Å²) in [5, 5.41) is 20.6. The van der Waals surface area contributed by atoms with Crippen LogP contribution in [0.1, 0.15) is 13.3 Å². The van der Waals surface area contributed by atoms with Gasteiger partial charge in [0, 0.05) is 6.54 Å². The number of rotatable bonds is 5. The number of nitrogens with one attached hydrogen (secondary N) is 2. The van der Waals surface area contributed by atoms with E-state index in [1.54, 1.807) is 12.1 Å². The maximum atomic E-state index is 11.3. The Morgan fingerprint density at radius 2 is 2.35 bits per heavy atom. The first kappa shape index (κ1) is 11.2. The molecule has 0 unspecified atom stereocenters. The molecule has 0 saturated carbocycles. The van der Waals surface area contributed by atoms with E-state index in [0.717, 1.165) is 6.42 Å². The molecule has 0 bridgehead atoms. The van der Waals surface area contributed by atoms with Crippen LogP contribution in [0, 0.1) is 0 Å². The van der Waals surface area contributed by atoms with Crippen molar-refractivity contribution in [1.82, 2.24) is 30.6 Å². The first-order chi connectivity index (χ1) is 8.29. The molecule has 2 N–H and O–H groups in total. The minimum Gasteiger partial charge on any atom is -0.360 e. The molecule has 17 heavy (non-hydrogen) atoms. The van der Waals surface area contributed by atoms with Crippen LogP contribution in [0.4, 0.5) is 5.82 Å². The summed E-state index contributed by atoms with van der Waals surface area (Å²) in [6.45, 7) is 2.86. The van der Waals surface area contributed by atoms with Crippen molar-refractivity contribution < 1.29 is 4.79 Å². The lowest BCUT2D eigenvalue weighted by molar-refractivity contribution is -0.119. The van der Waals surface area contributed by atoms with Gasteiger partial charge in [-0.2, -0.15) is 0 Å². The number of hydrogen-bond donors (Lipinski definition) is 2. The first-order valence-electron chi connectivity index (χ1n) is 5.35. The first-order valence-corrected chi connectivity index (χ1v) is 5.35. The van der Waals surface area contributed by atoms with E-state index < -0.39 is 0 Å². The number of tetrazole rings is 1. The van der Waals surface area contributed by atoms with Gasteiger partial charge >= 0.3 is 0 Å². The van der Waals surface area contributed by atoms with Crippen molar-refractivity contribution in [3.8, 4) is 0 Å². The number of amides is 1. The molecule has 0 aliphatic carbocycles. The summed E-state index contributed by atoms with van der Waals surface area (Å²) in [7, 11) is 0. The van der Waals surface area contributed by atoms with Gasteiger partial charge in [-0.25, -0.2) is 0 Å². The van der Waals surface area contributed by atoms with E-state index in [-0.39, 0.29) is 12.5 Å². The normalized spacial score (nSPS) is 10.4. The van der Waals surface area contributed by atoms with Crippen molar-refractivity contribution >= 4 is 17.4 Å². The molecule has 2 aromatic heterocycles. The predicted octanol–water partition coefficient (Wildman–Crippen LogP) is -0.543. The smallest absolute Gasteiger partial charge is 0.239 e. The lowest BCUT2D eigenvalue weighted by Crippen LogP contribution is -2.30. The van der Waals surface area contributed by atoms with Gasteiger partial charge in [-0.15, -0.1) is 14.8 Å². The Balaban J connectivity index is 1.92. The van der Waals surface area contributed by atoms with Gasteiger partial charge in [0.2, 0.25) is 5.91 Å². The average molecular weight is 235 g/mol. The lowest BCUT2D eigenvalue weighted by atomic mass is 10.4. The summed E-state index contributed by atoms with van der Waals surface area (Å²) in [5.74, 6) is 0.488. The largest absolute Gasteiger partial charge is 0.360 e. The molecule has 2 rings (SSSR count). The van der Waals surface area contributed by atoms with Gasteiger partial charge in [-0.3, -0.25) is 4.79 Å². The second kappa shape index (κ2) is 5.19. The summed E-state index contributed by atoms with van der Waals surface area (Å²) in [5.41, 5.74) is 0.561. The van der Waals surface area contributed by atoms with E-state index >= 15 is 0 Å². The molecule has 2 aromatic rings. The molecule has 8 heteroatoms. The van der Waals surface area contributed by atoms with E-state index in [0.29, 0.717) is 18.0 Å². The molecule has 0 spiro atoms. The summed E-state index contributed by atoms with van der Waals surface area (Å²) in [6, 6.07) is 3.44. The summed E-state index contributed by atoms with van der Waals surface area (Å²) < 4.78 is 1.30. The monoisotopic (exact) mass is 235 g/mol. The highest BCUT2D eigenvalue weighted by atomic mass is 16.1. The molecular formula is C9H13N7O.